The van der Waals surface area contributed by atoms with E-state index >= 15 is 0 Å². The van der Waals surface area contributed by atoms with E-state index in [4.69, 9.17) is 0 Å². The van der Waals surface area contributed by atoms with Crippen LogP contribution in [-0.2, 0) is 4.79 Å². The van der Waals surface area contributed by atoms with Crippen LogP contribution in [0.4, 0.5) is 11.4 Å². The van der Waals surface area contributed by atoms with Crippen LogP contribution in [0, 0.1) is 10.1 Å². The summed E-state index contributed by atoms with van der Waals surface area (Å²) in [4.78, 5) is 34.7. The average molecular weight is 330 g/mol. The number of benzene rings is 2. The van der Waals surface area contributed by atoms with Gasteiger partial charge >= 0.3 is 0 Å². The van der Waals surface area contributed by atoms with Gasteiger partial charge in [-0.15, -0.1) is 0 Å². The number of nitro benzene ring substituents is 1. The first kappa shape index (κ1) is 16.7. The van der Waals surface area contributed by atoms with Gasteiger partial charge in [0.2, 0.25) is 5.91 Å². The van der Waals surface area contributed by atoms with Crippen LogP contribution in [0.2, 0.25) is 0 Å². The highest BCUT2D eigenvalue weighted by Gasteiger charge is 2.16. The van der Waals surface area contributed by atoms with Crippen molar-refractivity contribution in [3.8, 4) is 0 Å². The van der Waals surface area contributed by atoms with E-state index in [-0.39, 0.29) is 22.9 Å². The van der Waals surface area contributed by atoms with Crippen LogP contribution in [0.15, 0.2) is 52.3 Å². The Labute approximate surface area is 137 Å². The minimum absolute atomic E-state index is 0.130. The number of nitro groups is 1. The lowest BCUT2D eigenvalue weighted by Gasteiger charge is -2.11. The van der Waals surface area contributed by atoms with Gasteiger partial charge < -0.3 is 5.32 Å². The number of amides is 1. The molecule has 6 nitrogen and oxygen atoms in total. The molecule has 0 aliphatic heterocycles. The van der Waals surface area contributed by atoms with Crippen molar-refractivity contribution < 1.29 is 14.5 Å². The third kappa shape index (κ3) is 4.17. The highest BCUT2D eigenvalue weighted by atomic mass is 32.2. The Bertz CT molecular complexity index is 789. The minimum Gasteiger partial charge on any atom is -0.325 e. The van der Waals surface area contributed by atoms with E-state index in [1.165, 1.54) is 37.7 Å². The van der Waals surface area contributed by atoms with Crippen molar-refractivity contribution in [2.24, 2.45) is 0 Å². The molecule has 0 atom stereocenters. The summed E-state index contributed by atoms with van der Waals surface area (Å²) in [6.07, 6.45) is 0. The van der Waals surface area contributed by atoms with E-state index in [1.54, 1.807) is 24.3 Å². The zero-order valence-electron chi connectivity index (χ0n) is 12.5. The summed E-state index contributed by atoms with van der Waals surface area (Å²) in [5.41, 5.74) is 0.773. The second-order valence-electron chi connectivity index (χ2n) is 4.77. The normalized spacial score (nSPS) is 10.2. The van der Waals surface area contributed by atoms with Crippen molar-refractivity contribution in [1.82, 2.24) is 0 Å². The van der Waals surface area contributed by atoms with Crippen molar-refractivity contribution in [3.63, 3.8) is 0 Å². The Morgan fingerprint density at radius 3 is 2.39 bits per heavy atom. The molecule has 0 saturated carbocycles. The second kappa shape index (κ2) is 7.06. The number of Topliss-reactive ketones (excluding diaryl/α,β-unsaturated/α-hetero) is 1. The van der Waals surface area contributed by atoms with Crippen molar-refractivity contribution >= 4 is 34.8 Å². The third-order valence-electron chi connectivity index (χ3n) is 2.97. The van der Waals surface area contributed by atoms with Gasteiger partial charge in [0, 0.05) is 34.4 Å². The Balaban J connectivity index is 2.42. The molecule has 0 saturated heterocycles. The summed E-state index contributed by atoms with van der Waals surface area (Å²) in [7, 11) is 0. The van der Waals surface area contributed by atoms with Crippen LogP contribution < -0.4 is 5.32 Å². The molecule has 0 aliphatic carbocycles. The highest BCUT2D eigenvalue weighted by molar-refractivity contribution is 7.99. The number of rotatable bonds is 5. The van der Waals surface area contributed by atoms with E-state index < -0.39 is 4.92 Å². The first-order valence-corrected chi connectivity index (χ1v) is 7.54. The van der Waals surface area contributed by atoms with Gasteiger partial charge in [0.05, 0.1) is 10.6 Å². The molecule has 118 valence electrons. The molecule has 0 radical (unpaired) electrons. The number of carbonyl (C=O) groups is 2. The maximum absolute atomic E-state index is 11.8. The smallest absolute Gasteiger partial charge is 0.270 e. The lowest BCUT2D eigenvalue weighted by atomic mass is 10.1. The first-order chi connectivity index (χ1) is 10.9. The standard InChI is InChI=1S/C16H14N2O4S/c1-10(19)13-9-12(18(21)22)7-8-15(13)23-16-6-4-3-5-14(16)17-11(2)20/h3-9H,1-2H3,(H,17,20). The summed E-state index contributed by atoms with van der Waals surface area (Å²) < 4.78 is 0. The number of carbonyl (C=O) groups excluding carboxylic acids is 2. The minimum atomic E-state index is -0.536. The molecule has 0 aromatic heterocycles. The number of anilines is 1. The van der Waals surface area contributed by atoms with Gasteiger partial charge in [-0.25, -0.2) is 0 Å². The van der Waals surface area contributed by atoms with E-state index in [9.17, 15) is 19.7 Å². The molecule has 0 unspecified atom stereocenters. The van der Waals surface area contributed by atoms with Gasteiger partial charge in [-0.3, -0.25) is 19.7 Å². The maximum atomic E-state index is 11.8. The zero-order valence-corrected chi connectivity index (χ0v) is 13.3. The Kier molecular flexibility index (Phi) is 5.13. The lowest BCUT2D eigenvalue weighted by molar-refractivity contribution is -0.384. The number of non-ortho nitro benzene ring substituents is 1. The number of para-hydroxylation sites is 1. The molecular weight excluding hydrogens is 316 g/mol. The largest absolute Gasteiger partial charge is 0.325 e. The average Bonchev–Trinajstić information content (AvgIpc) is 2.48. The zero-order chi connectivity index (χ0) is 17.0. The topological polar surface area (TPSA) is 89.3 Å². The summed E-state index contributed by atoms with van der Waals surface area (Å²) in [5.74, 6) is -0.457. The number of nitrogens with one attached hydrogen (secondary N) is 1. The number of ketones is 1. The van der Waals surface area contributed by atoms with E-state index in [0.717, 1.165) is 4.90 Å². The molecule has 2 aromatic rings. The van der Waals surface area contributed by atoms with E-state index in [0.29, 0.717) is 10.6 Å². The molecule has 7 heteroatoms. The predicted molar refractivity (Wildman–Crippen MR) is 88.0 cm³/mol. The molecule has 23 heavy (non-hydrogen) atoms. The molecule has 1 N–H and O–H groups in total. The van der Waals surface area contributed by atoms with Crippen LogP contribution in [0.1, 0.15) is 24.2 Å². The Morgan fingerprint density at radius 2 is 1.78 bits per heavy atom. The van der Waals surface area contributed by atoms with Gasteiger partial charge in [-0.1, -0.05) is 23.9 Å². The van der Waals surface area contributed by atoms with Gasteiger partial charge in [-0.2, -0.15) is 0 Å². The van der Waals surface area contributed by atoms with E-state index in [1.807, 2.05) is 6.07 Å². The summed E-state index contributed by atoms with van der Waals surface area (Å²) in [6.45, 7) is 2.77. The highest BCUT2D eigenvalue weighted by Crippen LogP contribution is 2.36. The summed E-state index contributed by atoms with van der Waals surface area (Å²) in [6, 6.07) is 11.3. The van der Waals surface area contributed by atoms with Crippen molar-refractivity contribution in [2.45, 2.75) is 23.6 Å². The Morgan fingerprint density at radius 1 is 1.09 bits per heavy atom. The maximum Gasteiger partial charge on any atom is 0.270 e. The summed E-state index contributed by atoms with van der Waals surface area (Å²) in [5, 5.41) is 13.6. The molecular formula is C16H14N2O4S. The lowest BCUT2D eigenvalue weighted by Crippen LogP contribution is -2.06. The van der Waals surface area contributed by atoms with Crippen LogP contribution in [-0.4, -0.2) is 16.6 Å². The molecule has 0 fully saturated rings. The van der Waals surface area contributed by atoms with Crippen LogP contribution in [0.3, 0.4) is 0 Å². The molecule has 2 aromatic carbocycles. The molecule has 1 amide bonds. The van der Waals surface area contributed by atoms with E-state index in [2.05, 4.69) is 5.32 Å². The second-order valence-corrected chi connectivity index (χ2v) is 5.86. The quantitative estimate of drug-likeness (QED) is 0.510. The number of hydrogen-bond acceptors (Lipinski definition) is 5. The molecule has 0 heterocycles. The van der Waals surface area contributed by atoms with Gasteiger partial charge in [0.25, 0.3) is 5.69 Å². The van der Waals surface area contributed by atoms with Crippen molar-refractivity contribution in [3.05, 3.63) is 58.1 Å². The van der Waals surface area contributed by atoms with Gasteiger partial charge in [0.15, 0.2) is 5.78 Å². The van der Waals surface area contributed by atoms with Crippen molar-refractivity contribution in [2.75, 3.05) is 5.32 Å². The van der Waals surface area contributed by atoms with Gasteiger partial charge in [0.1, 0.15) is 0 Å². The predicted octanol–water partition coefficient (Wildman–Crippen LogP) is 3.91. The fraction of sp³-hybridized carbons (Fsp3) is 0.125. The van der Waals surface area contributed by atoms with Gasteiger partial charge in [-0.05, 0) is 25.1 Å². The first-order valence-electron chi connectivity index (χ1n) is 6.72. The SMILES string of the molecule is CC(=O)Nc1ccccc1Sc1ccc([N+](=O)[O-])cc1C(C)=O. The molecule has 0 spiro atoms. The van der Waals surface area contributed by atoms with Crippen LogP contribution >= 0.6 is 11.8 Å². The van der Waals surface area contributed by atoms with Crippen LogP contribution in [0.25, 0.3) is 0 Å². The monoisotopic (exact) mass is 330 g/mol. The number of hydrogen-bond donors (Lipinski definition) is 1. The Hall–Kier alpha value is -2.67. The third-order valence-corrected chi connectivity index (χ3v) is 4.12. The number of nitrogens with zero attached hydrogens (tertiary/aromatic N) is 1. The molecule has 2 rings (SSSR count). The fourth-order valence-electron chi connectivity index (χ4n) is 1.96. The fourth-order valence-corrected chi connectivity index (χ4v) is 3.02. The molecule has 0 aliphatic rings. The summed E-state index contributed by atoms with van der Waals surface area (Å²) >= 11 is 1.27. The van der Waals surface area contributed by atoms with Crippen molar-refractivity contribution in [1.29, 1.82) is 0 Å². The van der Waals surface area contributed by atoms with Crippen LogP contribution in [0.5, 0.6) is 0 Å². The molecule has 0 bridgehead atoms.